The van der Waals surface area contributed by atoms with E-state index in [-0.39, 0.29) is 33.1 Å². The van der Waals surface area contributed by atoms with Crippen molar-refractivity contribution in [2.45, 2.75) is 18.9 Å². The molecule has 0 amide bonds. The maximum Gasteiger partial charge on any atom is 0.332 e. The molecular weight excluding hydrogens is 499 g/mol. The Labute approximate surface area is 217 Å². The average Bonchev–Trinajstić information content (AvgIpc) is 3.37. The molecule has 1 atom stereocenters. The predicted octanol–water partition coefficient (Wildman–Crippen LogP) is 3.67. The molecule has 0 saturated carbocycles. The van der Waals surface area contributed by atoms with Crippen LogP contribution in [-0.4, -0.2) is 42.6 Å². The molecule has 2 N–H and O–H groups in total. The highest BCUT2D eigenvalue weighted by Crippen LogP contribution is 2.41. The first kappa shape index (κ1) is 24.9. The molecule has 5 rings (SSSR count). The van der Waals surface area contributed by atoms with Crippen molar-refractivity contribution in [3.63, 3.8) is 0 Å². The number of anilines is 1. The molecule has 37 heavy (non-hydrogen) atoms. The number of phenolic OH excluding ortho intramolecular Hbond substituents is 1. The molecule has 2 aromatic carbocycles. The van der Waals surface area contributed by atoms with E-state index in [1.54, 1.807) is 62.6 Å². The minimum Gasteiger partial charge on any atom is -0.507 e. The Kier molecular flexibility index (Phi) is 6.00. The van der Waals surface area contributed by atoms with E-state index in [1.807, 2.05) is 0 Å². The summed E-state index contributed by atoms with van der Waals surface area (Å²) in [5.41, 5.74) is 0.704. The van der Waals surface area contributed by atoms with Gasteiger partial charge in [0, 0.05) is 62.5 Å². The molecule has 1 aliphatic rings. The van der Waals surface area contributed by atoms with E-state index in [2.05, 4.69) is 0 Å². The number of halogens is 2. The van der Waals surface area contributed by atoms with Crippen LogP contribution in [0.3, 0.4) is 0 Å². The van der Waals surface area contributed by atoms with Crippen LogP contribution in [-0.2, 0) is 14.1 Å². The van der Waals surface area contributed by atoms with Crippen molar-refractivity contribution in [1.82, 2.24) is 13.7 Å². The number of aryl methyl sites for hydroxylation is 2. The van der Waals surface area contributed by atoms with Crippen LogP contribution >= 0.6 is 11.6 Å². The third-order valence-corrected chi connectivity index (χ3v) is 7.11. The molecule has 4 aromatic rings. The number of β-amino-alcohol motifs (C(OH)–C–C–N with tert-alkyl or cyclic N) is 1. The van der Waals surface area contributed by atoms with Crippen molar-refractivity contribution in [2.75, 3.05) is 18.0 Å². The zero-order valence-electron chi connectivity index (χ0n) is 20.6. The van der Waals surface area contributed by atoms with Crippen LogP contribution < -0.4 is 16.1 Å². The number of rotatable bonds is 4. The van der Waals surface area contributed by atoms with Gasteiger partial charge in [-0.3, -0.25) is 9.36 Å². The Hall–Kier alpha value is -3.82. The molecule has 2 aromatic heterocycles. The van der Waals surface area contributed by atoms with E-state index >= 15 is 0 Å². The Morgan fingerprint density at radius 2 is 1.68 bits per heavy atom. The normalized spacial score (nSPS) is 17.5. The number of pyridine rings is 1. The molecule has 8 nitrogen and oxygen atoms in total. The fourth-order valence-corrected chi connectivity index (χ4v) is 5.05. The summed E-state index contributed by atoms with van der Waals surface area (Å²) < 4.78 is 19.0. The number of aromatic nitrogens is 3. The molecule has 1 aliphatic heterocycles. The van der Waals surface area contributed by atoms with Crippen molar-refractivity contribution in [3.05, 3.63) is 86.7 Å². The van der Waals surface area contributed by atoms with Crippen molar-refractivity contribution in [3.8, 4) is 33.7 Å². The summed E-state index contributed by atoms with van der Waals surface area (Å²) in [6, 6.07) is 8.87. The van der Waals surface area contributed by atoms with Gasteiger partial charge in [0.25, 0.3) is 5.56 Å². The first-order chi connectivity index (χ1) is 17.4. The lowest BCUT2D eigenvalue weighted by Crippen LogP contribution is -2.33. The largest absolute Gasteiger partial charge is 0.507 e. The van der Waals surface area contributed by atoms with Crippen LogP contribution in [0, 0.1) is 5.82 Å². The second-order valence-corrected chi connectivity index (χ2v) is 10.2. The topological polar surface area (TPSA) is 92.6 Å². The SMILES string of the molecule is Cn1cc(-c2cc(F)cc(-c3ccc(-n4ccn(C)c4=O)c(Cl)c3)c2O)cc(N2CCC(C)(O)C2)c1=O. The Bertz CT molecular complexity index is 1650. The van der Waals surface area contributed by atoms with Gasteiger partial charge in [0.1, 0.15) is 17.3 Å². The monoisotopic (exact) mass is 524 g/mol. The van der Waals surface area contributed by atoms with Crippen LogP contribution in [0.4, 0.5) is 10.1 Å². The summed E-state index contributed by atoms with van der Waals surface area (Å²) in [5.74, 6) is -0.762. The number of phenols is 1. The van der Waals surface area contributed by atoms with Crippen LogP contribution in [0.15, 0.2) is 64.6 Å². The molecule has 1 unspecified atom stereocenters. The number of hydrogen-bond donors (Lipinski definition) is 2. The van der Waals surface area contributed by atoms with E-state index in [0.29, 0.717) is 42.0 Å². The van der Waals surface area contributed by atoms with E-state index in [9.17, 15) is 24.2 Å². The minimum absolute atomic E-state index is 0.180. The molecule has 0 spiro atoms. The zero-order valence-corrected chi connectivity index (χ0v) is 21.3. The number of nitrogens with zero attached hydrogens (tertiary/aromatic N) is 4. The first-order valence-corrected chi connectivity index (χ1v) is 12.1. The fourth-order valence-electron chi connectivity index (χ4n) is 4.78. The van der Waals surface area contributed by atoms with Crippen LogP contribution in [0.25, 0.3) is 27.9 Å². The summed E-state index contributed by atoms with van der Waals surface area (Å²) in [5, 5.41) is 21.9. The summed E-state index contributed by atoms with van der Waals surface area (Å²) in [7, 11) is 3.22. The lowest BCUT2D eigenvalue weighted by Gasteiger charge is -2.22. The van der Waals surface area contributed by atoms with E-state index in [4.69, 9.17) is 11.6 Å². The number of benzene rings is 2. The van der Waals surface area contributed by atoms with Gasteiger partial charge >= 0.3 is 5.69 Å². The second-order valence-electron chi connectivity index (χ2n) is 9.78. The Morgan fingerprint density at radius 3 is 2.27 bits per heavy atom. The highest BCUT2D eigenvalue weighted by Gasteiger charge is 2.33. The summed E-state index contributed by atoms with van der Waals surface area (Å²) in [4.78, 5) is 27.0. The Balaban J connectivity index is 1.60. The number of aliphatic hydroxyl groups is 1. The van der Waals surface area contributed by atoms with Gasteiger partial charge in [0.2, 0.25) is 0 Å². The van der Waals surface area contributed by atoms with Gasteiger partial charge in [0.05, 0.1) is 16.3 Å². The number of aromatic hydroxyl groups is 1. The lowest BCUT2D eigenvalue weighted by molar-refractivity contribution is 0.0839. The van der Waals surface area contributed by atoms with Gasteiger partial charge in [-0.05, 0) is 49.2 Å². The third kappa shape index (κ3) is 4.45. The molecule has 0 bridgehead atoms. The summed E-state index contributed by atoms with van der Waals surface area (Å²) in [6.07, 6.45) is 5.26. The van der Waals surface area contributed by atoms with Gasteiger partial charge < -0.3 is 24.2 Å². The van der Waals surface area contributed by atoms with Crippen LogP contribution in [0.2, 0.25) is 5.02 Å². The van der Waals surface area contributed by atoms with Crippen molar-refractivity contribution < 1.29 is 14.6 Å². The smallest absolute Gasteiger partial charge is 0.332 e. The Morgan fingerprint density at radius 1 is 0.973 bits per heavy atom. The molecule has 10 heteroatoms. The molecule has 1 saturated heterocycles. The summed E-state index contributed by atoms with van der Waals surface area (Å²) >= 11 is 6.49. The maximum absolute atomic E-state index is 14.9. The van der Waals surface area contributed by atoms with Crippen LogP contribution in [0.5, 0.6) is 5.75 Å². The van der Waals surface area contributed by atoms with Gasteiger partial charge in [0.15, 0.2) is 0 Å². The molecule has 3 heterocycles. The van der Waals surface area contributed by atoms with Gasteiger partial charge in [-0.25, -0.2) is 9.18 Å². The van der Waals surface area contributed by atoms with E-state index in [1.165, 1.54) is 32.0 Å². The minimum atomic E-state index is -0.911. The van der Waals surface area contributed by atoms with Gasteiger partial charge in [-0.1, -0.05) is 17.7 Å². The van der Waals surface area contributed by atoms with Gasteiger partial charge in [-0.15, -0.1) is 0 Å². The highest BCUT2D eigenvalue weighted by atomic mass is 35.5. The molecule has 0 radical (unpaired) electrons. The fraction of sp³-hybridized carbons (Fsp3) is 0.259. The van der Waals surface area contributed by atoms with Crippen molar-refractivity contribution in [1.29, 1.82) is 0 Å². The first-order valence-electron chi connectivity index (χ1n) is 11.7. The second kappa shape index (κ2) is 8.93. The lowest BCUT2D eigenvalue weighted by atomic mass is 9.97. The van der Waals surface area contributed by atoms with E-state index in [0.717, 1.165) is 0 Å². The van der Waals surface area contributed by atoms with E-state index < -0.39 is 11.4 Å². The number of imidazole rings is 1. The standard InChI is InChI=1S/C27H26ClFN4O4/c1-27(37)6-7-32(15-27)23-11-17(14-31(3)25(23)35)20-13-18(29)12-19(24(20)34)16-4-5-22(21(28)10-16)33-9-8-30(2)26(33)36/h4-5,8-14,34,37H,6-7,15H2,1-3H3. The van der Waals surface area contributed by atoms with Crippen LogP contribution in [0.1, 0.15) is 13.3 Å². The molecule has 192 valence electrons. The predicted molar refractivity (Wildman–Crippen MR) is 141 cm³/mol. The van der Waals surface area contributed by atoms with Crippen molar-refractivity contribution >= 4 is 17.3 Å². The molecule has 0 aliphatic carbocycles. The number of hydrogen-bond acceptors (Lipinski definition) is 5. The zero-order chi connectivity index (χ0) is 26.6. The molecule has 1 fully saturated rings. The average molecular weight is 525 g/mol. The maximum atomic E-state index is 14.9. The van der Waals surface area contributed by atoms with Gasteiger partial charge in [-0.2, -0.15) is 0 Å². The molecular formula is C27H26ClFN4O4. The quantitative estimate of drug-likeness (QED) is 0.425. The van der Waals surface area contributed by atoms with Crippen molar-refractivity contribution in [2.24, 2.45) is 14.1 Å². The third-order valence-electron chi connectivity index (χ3n) is 6.81. The highest BCUT2D eigenvalue weighted by molar-refractivity contribution is 6.32. The summed E-state index contributed by atoms with van der Waals surface area (Å²) in [6.45, 7) is 2.51.